The highest BCUT2D eigenvalue weighted by molar-refractivity contribution is 5.80. The predicted octanol–water partition coefficient (Wildman–Crippen LogP) is 1.99. The first-order valence-corrected chi connectivity index (χ1v) is 10.3. The molecule has 4 fully saturated rings. The monoisotopic (exact) mass is 334 g/mol. The minimum atomic E-state index is 0.0397. The van der Waals surface area contributed by atoms with Gasteiger partial charge in [0.05, 0.1) is 12.1 Å². The van der Waals surface area contributed by atoms with E-state index in [0.717, 1.165) is 31.2 Å². The van der Waals surface area contributed by atoms with E-state index in [1.54, 1.807) is 0 Å². The maximum atomic E-state index is 12.9. The Morgan fingerprint density at radius 2 is 1.96 bits per heavy atom. The number of nitrogens with zero attached hydrogens (tertiary/aromatic N) is 1. The van der Waals surface area contributed by atoms with Crippen molar-refractivity contribution in [3.8, 4) is 0 Å². The van der Waals surface area contributed by atoms with Crippen LogP contribution in [0.15, 0.2) is 0 Å². The highest BCUT2D eigenvalue weighted by Crippen LogP contribution is 2.38. The average Bonchev–Trinajstić information content (AvgIpc) is 3.22. The van der Waals surface area contributed by atoms with Gasteiger partial charge in [0.2, 0.25) is 5.91 Å². The van der Waals surface area contributed by atoms with E-state index in [0.29, 0.717) is 18.1 Å². The van der Waals surface area contributed by atoms with Crippen LogP contribution in [0, 0.1) is 17.8 Å². The molecule has 2 heterocycles. The molecular formula is C19H34N4O. The molecule has 2 aliphatic heterocycles. The van der Waals surface area contributed by atoms with Gasteiger partial charge in [-0.3, -0.25) is 15.5 Å². The molecule has 2 saturated heterocycles. The van der Waals surface area contributed by atoms with Crippen molar-refractivity contribution in [1.82, 2.24) is 21.1 Å². The molecule has 3 N–H and O–H groups in total. The summed E-state index contributed by atoms with van der Waals surface area (Å²) in [4.78, 5) is 12.9. The number of carbonyl (C=O) groups is 1. The second-order valence-corrected chi connectivity index (χ2v) is 8.57. The summed E-state index contributed by atoms with van der Waals surface area (Å²) in [5.74, 6) is 1.91. The molecule has 5 atom stereocenters. The number of nitrogens with one attached hydrogen (secondary N) is 3. The Labute approximate surface area is 146 Å². The summed E-state index contributed by atoms with van der Waals surface area (Å²) < 4.78 is 0. The van der Waals surface area contributed by atoms with Gasteiger partial charge >= 0.3 is 0 Å². The third-order valence-corrected chi connectivity index (χ3v) is 7.25. The molecular weight excluding hydrogens is 300 g/mol. The molecule has 2 saturated carbocycles. The van der Waals surface area contributed by atoms with Crippen LogP contribution in [-0.2, 0) is 4.79 Å². The van der Waals surface area contributed by atoms with E-state index in [-0.39, 0.29) is 18.0 Å². The van der Waals surface area contributed by atoms with Crippen LogP contribution in [-0.4, -0.2) is 41.8 Å². The Kier molecular flexibility index (Phi) is 4.85. The van der Waals surface area contributed by atoms with Crippen molar-refractivity contribution in [3.63, 3.8) is 0 Å². The van der Waals surface area contributed by atoms with Crippen LogP contribution in [0.3, 0.4) is 0 Å². The van der Waals surface area contributed by atoms with Crippen molar-refractivity contribution in [2.75, 3.05) is 6.54 Å². The Bertz CT molecular complexity index is 462. The Hall–Kier alpha value is -0.650. The van der Waals surface area contributed by atoms with Crippen molar-refractivity contribution < 1.29 is 4.79 Å². The van der Waals surface area contributed by atoms with Gasteiger partial charge in [0.1, 0.15) is 0 Å². The standard InChI is InChI=1S/C19H34N4O/c1-3-13-7-9-14(10-8-13)22-19(24)16-11-20-23-17-6-4-5-15(17)12(2)21-18(16)23/h12-18,20-21H,3-11H2,1-2H3,(H,22,24). The highest BCUT2D eigenvalue weighted by atomic mass is 16.2. The summed E-state index contributed by atoms with van der Waals surface area (Å²) in [5.41, 5.74) is 3.54. The van der Waals surface area contributed by atoms with Crippen molar-refractivity contribution in [2.45, 2.75) is 89.5 Å². The fourth-order valence-electron chi connectivity index (χ4n) is 5.68. The first kappa shape index (κ1) is 16.8. The van der Waals surface area contributed by atoms with Crippen LogP contribution in [0.4, 0.5) is 0 Å². The van der Waals surface area contributed by atoms with Crippen LogP contribution in [0.25, 0.3) is 0 Å². The van der Waals surface area contributed by atoms with Crippen LogP contribution in [0.2, 0.25) is 0 Å². The Balaban J connectivity index is 1.36. The second-order valence-electron chi connectivity index (χ2n) is 8.57. The molecule has 24 heavy (non-hydrogen) atoms. The molecule has 0 aromatic rings. The minimum absolute atomic E-state index is 0.0397. The van der Waals surface area contributed by atoms with Crippen molar-refractivity contribution in [3.05, 3.63) is 0 Å². The maximum absolute atomic E-state index is 12.9. The summed E-state index contributed by atoms with van der Waals surface area (Å²) in [6.07, 6.45) is 10.2. The molecule has 5 nitrogen and oxygen atoms in total. The topological polar surface area (TPSA) is 56.4 Å². The lowest BCUT2D eigenvalue weighted by atomic mass is 9.84. The number of hydrogen-bond acceptors (Lipinski definition) is 4. The van der Waals surface area contributed by atoms with Crippen LogP contribution < -0.4 is 16.1 Å². The average molecular weight is 335 g/mol. The second kappa shape index (κ2) is 6.93. The number of amides is 1. The Morgan fingerprint density at radius 1 is 1.17 bits per heavy atom. The van der Waals surface area contributed by atoms with Crippen molar-refractivity contribution in [2.24, 2.45) is 17.8 Å². The van der Waals surface area contributed by atoms with Gasteiger partial charge in [0.25, 0.3) is 0 Å². The molecule has 1 amide bonds. The van der Waals surface area contributed by atoms with Gasteiger partial charge in [-0.05, 0) is 57.3 Å². The summed E-state index contributed by atoms with van der Waals surface area (Å²) >= 11 is 0. The van der Waals surface area contributed by atoms with E-state index < -0.39 is 0 Å². The molecule has 136 valence electrons. The predicted molar refractivity (Wildman–Crippen MR) is 95.0 cm³/mol. The number of hydrogen-bond donors (Lipinski definition) is 3. The lowest BCUT2D eigenvalue weighted by Crippen LogP contribution is -2.64. The minimum Gasteiger partial charge on any atom is -0.353 e. The SMILES string of the molecule is CCC1CCC(NC(=O)C2CNN3C4CCCC4C(C)NC23)CC1. The number of carbonyl (C=O) groups excluding carboxylic acids is 1. The van der Waals surface area contributed by atoms with Gasteiger partial charge in [-0.25, -0.2) is 5.01 Å². The lowest BCUT2D eigenvalue weighted by Gasteiger charge is -2.45. The summed E-state index contributed by atoms with van der Waals surface area (Å²) in [7, 11) is 0. The van der Waals surface area contributed by atoms with Gasteiger partial charge in [-0.1, -0.05) is 19.8 Å². The smallest absolute Gasteiger partial charge is 0.227 e. The van der Waals surface area contributed by atoms with Crippen molar-refractivity contribution >= 4 is 5.91 Å². The fourth-order valence-corrected chi connectivity index (χ4v) is 5.68. The molecule has 4 rings (SSSR count). The molecule has 5 heteroatoms. The van der Waals surface area contributed by atoms with Gasteiger partial charge < -0.3 is 5.32 Å². The van der Waals surface area contributed by atoms with E-state index in [2.05, 4.69) is 34.9 Å². The molecule has 0 bridgehead atoms. The van der Waals surface area contributed by atoms with Gasteiger partial charge in [-0.2, -0.15) is 0 Å². The molecule has 0 aromatic heterocycles. The van der Waals surface area contributed by atoms with E-state index in [1.165, 1.54) is 38.5 Å². The third kappa shape index (κ3) is 2.99. The zero-order chi connectivity index (χ0) is 16.7. The summed E-state index contributed by atoms with van der Waals surface area (Å²) in [6.45, 7) is 5.37. The first-order chi connectivity index (χ1) is 11.7. The van der Waals surface area contributed by atoms with Crippen LogP contribution >= 0.6 is 0 Å². The summed E-state index contributed by atoms with van der Waals surface area (Å²) in [5, 5.41) is 9.49. The fraction of sp³-hybridized carbons (Fsp3) is 0.947. The van der Waals surface area contributed by atoms with Gasteiger partial charge in [-0.15, -0.1) is 0 Å². The molecule has 0 spiro atoms. The van der Waals surface area contributed by atoms with E-state index in [1.807, 2.05) is 0 Å². The first-order valence-electron chi connectivity index (χ1n) is 10.3. The molecule has 4 aliphatic rings. The molecule has 0 aromatic carbocycles. The zero-order valence-corrected chi connectivity index (χ0v) is 15.3. The molecule has 2 aliphatic carbocycles. The maximum Gasteiger partial charge on any atom is 0.227 e. The van der Waals surface area contributed by atoms with E-state index in [4.69, 9.17) is 0 Å². The number of hydrazine groups is 1. The van der Waals surface area contributed by atoms with Gasteiger partial charge in [0, 0.05) is 24.7 Å². The normalized spacial score (nSPS) is 45.7. The Morgan fingerprint density at radius 3 is 2.71 bits per heavy atom. The van der Waals surface area contributed by atoms with E-state index in [9.17, 15) is 4.79 Å². The zero-order valence-electron chi connectivity index (χ0n) is 15.3. The quantitative estimate of drug-likeness (QED) is 0.739. The number of rotatable bonds is 3. The summed E-state index contributed by atoms with van der Waals surface area (Å²) in [6, 6.07) is 1.53. The van der Waals surface area contributed by atoms with Crippen LogP contribution in [0.5, 0.6) is 0 Å². The largest absolute Gasteiger partial charge is 0.353 e. The number of fused-ring (bicyclic) bond motifs is 3. The van der Waals surface area contributed by atoms with Gasteiger partial charge in [0.15, 0.2) is 0 Å². The van der Waals surface area contributed by atoms with Crippen molar-refractivity contribution in [1.29, 1.82) is 0 Å². The van der Waals surface area contributed by atoms with E-state index >= 15 is 0 Å². The molecule has 0 radical (unpaired) electrons. The molecule has 5 unspecified atom stereocenters. The lowest BCUT2D eigenvalue weighted by molar-refractivity contribution is -0.127. The third-order valence-electron chi connectivity index (χ3n) is 7.25. The van der Waals surface area contributed by atoms with Crippen LogP contribution in [0.1, 0.15) is 65.2 Å². The highest BCUT2D eigenvalue weighted by Gasteiger charge is 2.50.